The molecule has 3 heterocycles. The number of benzene rings is 2. The van der Waals surface area contributed by atoms with Gasteiger partial charge in [-0.2, -0.15) is 0 Å². The van der Waals surface area contributed by atoms with E-state index < -0.39 is 35.3 Å². The molecule has 0 radical (unpaired) electrons. The van der Waals surface area contributed by atoms with Gasteiger partial charge >= 0.3 is 0 Å². The summed E-state index contributed by atoms with van der Waals surface area (Å²) >= 11 is 0. The standard InChI is InChI=1S/C26H27N3O6/c1-13-4-9-17-22(14(13)2)27-25(34)26(17)21-20(18(28-26)10-11-19(30)31)23(32)29(24(21)33)12-15-5-7-16(35-3)8-6-15/h4-9,18,20-21,28H,10-12H2,1-3H3,(H,27,34)(H,30,31)/t18-,20-,21+,26+/m1/s1. The number of nitrogens with zero attached hydrogens (tertiary/aromatic N) is 1. The van der Waals surface area contributed by atoms with Crippen LogP contribution in [0.5, 0.6) is 5.75 Å². The molecule has 1 spiro atoms. The SMILES string of the molecule is COc1ccc(CN2C(=O)[C@H]3[C@@H](C2=O)[C@]2([NH2+][C@@H]3CCC(=O)[O-])C(=O)Nc3c2ccc(C)c3C)cc1. The lowest BCUT2D eigenvalue weighted by Crippen LogP contribution is -2.99. The zero-order valence-electron chi connectivity index (χ0n) is 19.8. The highest BCUT2D eigenvalue weighted by Crippen LogP contribution is 2.50. The molecule has 3 amide bonds. The van der Waals surface area contributed by atoms with Crippen molar-refractivity contribution in [2.45, 2.75) is 44.8 Å². The number of anilines is 1. The first-order valence-electron chi connectivity index (χ1n) is 11.6. The number of carboxylic acids is 1. The molecule has 2 saturated heterocycles. The number of hydrogen-bond donors (Lipinski definition) is 2. The quantitative estimate of drug-likeness (QED) is 0.551. The molecular weight excluding hydrogens is 450 g/mol. The van der Waals surface area contributed by atoms with Gasteiger partial charge in [0.05, 0.1) is 19.3 Å². The van der Waals surface area contributed by atoms with Crippen LogP contribution in [0.2, 0.25) is 0 Å². The molecular formula is C26H27N3O6. The number of methoxy groups -OCH3 is 1. The van der Waals surface area contributed by atoms with Crippen molar-refractivity contribution in [1.29, 1.82) is 0 Å². The first kappa shape index (κ1) is 23.0. The molecule has 0 aliphatic carbocycles. The fourth-order valence-corrected chi connectivity index (χ4v) is 5.96. The molecule has 3 aliphatic rings. The summed E-state index contributed by atoms with van der Waals surface area (Å²) in [6.07, 6.45) is -0.143. The smallest absolute Gasteiger partial charge is 0.291 e. The van der Waals surface area contributed by atoms with Crippen LogP contribution in [0.1, 0.15) is 35.1 Å². The highest BCUT2D eigenvalue weighted by atomic mass is 16.5. The van der Waals surface area contributed by atoms with Crippen LogP contribution in [-0.4, -0.2) is 41.7 Å². The molecule has 3 aliphatic heterocycles. The van der Waals surface area contributed by atoms with Crippen molar-refractivity contribution < 1.29 is 34.3 Å². The Labute approximate surface area is 202 Å². The van der Waals surface area contributed by atoms with Gasteiger partial charge in [0.2, 0.25) is 17.4 Å². The first-order chi connectivity index (χ1) is 16.7. The molecule has 0 bridgehead atoms. The number of nitrogens with two attached hydrogens (primary N) is 1. The Kier molecular flexibility index (Phi) is 5.40. The van der Waals surface area contributed by atoms with Gasteiger partial charge < -0.3 is 25.3 Å². The summed E-state index contributed by atoms with van der Waals surface area (Å²) in [5.41, 5.74) is 2.67. The first-order valence-corrected chi connectivity index (χ1v) is 11.6. The maximum atomic E-state index is 13.8. The normalized spacial score (nSPS) is 26.8. The number of carboxylic acid groups (broad SMARTS) is 1. The number of carbonyl (C=O) groups excluding carboxylic acids is 4. The lowest BCUT2D eigenvalue weighted by molar-refractivity contribution is -0.734. The third-order valence-electron chi connectivity index (χ3n) is 7.85. The van der Waals surface area contributed by atoms with Gasteiger partial charge in [0.1, 0.15) is 23.6 Å². The molecule has 0 aromatic heterocycles. The summed E-state index contributed by atoms with van der Waals surface area (Å²) in [5, 5.41) is 15.9. The Bertz CT molecular complexity index is 1260. The zero-order valence-corrected chi connectivity index (χ0v) is 19.8. The number of quaternary nitrogens is 1. The third-order valence-corrected chi connectivity index (χ3v) is 7.85. The number of ether oxygens (including phenoxy) is 1. The molecule has 5 rings (SSSR count). The van der Waals surface area contributed by atoms with Crippen molar-refractivity contribution in [2.75, 3.05) is 12.4 Å². The van der Waals surface area contributed by atoms with Crippen LogP contribution >= 0.6 is 0 Å². The van der Waals surface area contributed by atoms with E-state index in [1.165, 1.54) is 4.90 Å². The second kappa shape index (κ2) is 8.20. The van der Waals surface area contributed by atoms with E-state index in [9.17, 15) is 24.3 Å². The van der Waals surface area contributed by atoms with Gasteiger partial charge in [0.25, 0.3) is 5.91 Å². The monoisotopic (exact) mass is 477 g/mol. The number of fused-ring (bicyclic) bond motifs is 4. The summed E-state index contributed by atoms with van der Waals surface area (Å²) in [7, 11) is 1.56. The molecule has 0 unspecified atom stereocenters. The molecule has 2 aromatic rings. The summed E-state index contributed by atoms with van der Waals surface area (Å²) < 4.78 is 5.18. The number of hydrogen-bond acceptors (Lipinski definition) is 6. The van der Waals surface area contributed by atoms with E-state index in [1.54, 1.807) is 36.7 Å². The minimum atomic E-state index is -1.32. The summed E-state index contributed by atoms with van der Waals surface area (Å²) in [6, 6.07) is 10.3. The van der Waals surface area contributed by atoms with E-state index in [0.717, 1.165) is 16.7 Å². The Balaban J connectivity index is 1.57. The second-order valence-corrected chi connectivity index (χ2v) is 9.61. The minimum Gasteiger partial charge on any atom is -0.550 e. The molecule has 35 heavy (non-hydrogen) atoms. The Morgan fingerprint density at radius 1 is 1.11 bits per heavy atom. The molecule has 3 N–H and O–H groups in total. The zero-order chi connectivity index (χ0) is 25.1. The molecule has 0 saturated carbocycles. The highest BCUT2D eigenvalue weighted by molar-refractivity contribution is 6.14. The van der Waals surface area contributed by atoms with Gasteiger partial charge in [-0.1, -0.05) is 18.2 Å². The minimum absolute atomic E-state index is 0.0688. The predicted molar refractivity (Wildman–Crippen MR) is 122 cm³/mol. The number of aliphatic carboxylic acids is 1. The van der Waals surface area contributed by atoms with Gasteiger partial charge in [-0.3, -0.25) is 19.3 Å². The number of carbonyl (C=O) groups is 4. The van der Waals surface area contributed by atoms with Crippen LogP contribution in [0.15, 0.2) is 36.4 Å². The fourth-order valence-electron chi connectivity index (χ4n) is 5.96. The largest absolute Gasteiger partial charge is 0.550 e. The van der Waals surface area contributed by atoms with E-state index in [4.69, 9.17) is 4.74 Å². The van der Waals surface area contributed by atoms with E-state index in [-0.39, 0.29) is 31.2 Å². The van der Waals surface area contributed by atoms with E-state index >= 15 is 0 Å². The van der Waals surface area contributed by atoms with Crippen LogP contribution in [0.25, 0.3) is 0 Å². The number of aryl methyl sites for hydroxylation is 1. The Morgan fingerprint density at radius 3 is 2.49 bits per heavy atom. The summed E-state index contributed by atoms with van der Waals surface area (Å²) in [6.45, 7) is 3.92. The molecule has 2 fully saturated rings. The number of likely N-dealkylation sites (tertiary alicyclic amines) is 1. The van der Waals surface area contributed by atoms with Crippen LogP contribution in [0, 0.1) is 25.7 Å². The third kappa shape index (κ3) is 3.33. The van der Waals surface area contributed by atoms with Gasteiger partial charge in [0, 0.05) is 18.0 Å². The Hall–Kier alpha value is -3.72. The number of nitrogens with one attached hydrogen (secondary N) is 1. The van der Waals surface area contributed by atoms with Crippen LogP contribution in [0.4, 0.5) is 5.69 Å². The lowest BCUT2D eigenvalue weighted by atomic mass is 9.76. The Morgan fingerprint density at radius 2 is 1.83 bits per heavy atom. The molecule has 9 heteroatoms. The van der Waals surface area contributed by atoms with Crippen molar-refractivity contribution in [3.8, 4) is 5.75 Å². The molecule has 2 aromatic carbocycles. The lowest BCUT2D eigenvalue weighted by Gasteiger charge is -2.26. The van der Waals surface area contributed by atoms with Crippen molar-refractivity contribution in [1.82, 2.24) is 4.90 Å². The molecule has 9 nitrogen and oxygen atoms in total. The van der Waals surface area contributed by atoms with Crippen molar-refractivity contribution in [3.63, 3.8) is 0 Å². The van der Waals surface area contributed by atoms with Crippen LogP contribution in [0.3, 0.4) is 0 Å². The van der Waals surface area contributed by atoms with E-state index in [0.29, 0.717) is 17.0 Å². The topological polar surface area (TPSA) is 132 Å². The maximum Gasteiger partial charge on any atom is 0.291 e. The van der Waals surface area contributed by atoms with Crippen molar-refractivity contribution in [2.24, 2.45) is 11.8 Å². The molecule has 182 valence electrons. The number of rotatable bonds is 6. The molecule has 4 atom stereocenters. The summed E-state index contributed by atoms with van der Waals surface area (Å²) in [4.78, 5) is 53.5. The van der Waals surface area contributed by atoms with E-state index in [1.807, 2.05) is 26.0 Å². The predicted octanol–water partition coefficient (Wildman–Crippen LogP) is -0.263. The van der Waals surface area contributed by atoms with Crippen LogP contribution < -0.4 is 20.5 Å². The van der Waals surface area contributed by atoms with Crippen molar-refractivity contribution in [3.05, 3.63) is 58.7 Å². The van der Waals surface area contributed by atoms with Gasteiger partial charge in [-0.15, -0.1) is 0 Å². The average Bonchev–Trinajstić information content (AvgIpc) is 3.41. The average molecular weight is 478 g/mol. The van der Waals surface area contributed by atoms with E-state index in [2.05, 4.69) is 5.32 Å². The highest BCUT2D eigenvalue weighted by Gasteiger charge is 2.74. The van der Waals surface area contributed by atoms with Crippen LogP contribution in [-0.2, 0) is 31.3 Å². The summed E-state index contributed by atoms with van der Waals surface area (Å²) in [5.74, 6) is -3.45. The number of amides is 3. The van der Waals surface area contributed by atoms with Gasteiger partial charge in [-0.25, -0.2) is 0 Å². The second-order valence-electron chi connectivity index (χ2n) is 9.61. The van der Waals surface area contributed by atoms with Gasteiger partial charge in [0.15, 0.2) is 0 Å². The number of imide groups is 1. The van der Waals surface area contributed by atoms with Gasteiger partial charge in [-0.05, 0) is 55.2 Å². The maximum absolute atomic E-state index is 13.8. The fraction of sp³-hybridized carbons (Fsp3) is 0.385. The van der Waals surface area contributed by atoms with Crippen molar-refractivity contribution >= 4 is 29.4 Å².